The maximum Gasteiger partial charge on any atom is 0.271 e. The highest BCUT2D eigenvalue weighted by Crippen LogP contribution is 2.02. The molecule has 0 radical (unpaired) electrons. The molecule has 5 nitrogen and oxygen atoms in total. The van der Waals surface area contributed by atoms with Gasteiger partial charge in [0.15, 0.2) is 0 Å². The summed E-state index contributed by atoms with van der Waals surface area (Å²) in [6.45, 7) is 1.88. The van der Waals surface area contributed by atoms with E-state index in [1.807, 2.05) is 0 Å². The van der Waals surface area contributed by atoms with Crippen molar-refractivity contribution >= 4 is 18.3 Å². The Kier molecular flexibility index (Phi) is 5.14. The van der Waals surface area contributed by atoms with Gasteiger partial charge in [0, 0.05) is 25.0 Å². The van der Waals surface area contributed by atoms with E-state index in [4.69, 9.17) is 0 Å². The molecule has 0 aliphatic carbocycles. The van der Waals surface area contributed by atoms with Crippen LogP contribution in [0.2, 0.25) is 0 Å². The summed E-state index contributed by atoms with van der Waals surface area (Å²) in [5, 5.41) is 6.17. The fraction of sp³-hybridized carbons (Fsp3) is 0.500. The maximum absolute atomic E-state index is 11.7. The van der Waals surface area contributed by atoms with E-state index in [1.54, 1.807) is 6.20 Å². The molecule has 6 heteroatoms. The molecule has 0 saturated carbocycles. The van der Waals surface area contributed by atoms with Crippen LogP contribution in [0.15, 0.2) is 18.6 Å². The Hall–Kier alpha value is -1.20. The summed E-state index contributed by atoms with van der Waals surface area (Å²) in [6.07, 6.45) is 6.68. The maximum atomic E-state index is 11.7. The number of aromatic nitrogens is 2. The lowest BCUT2D eigenvalue weighted by molar-refractivity contribution is 0.0925. The Bertz CT molecular complexity index is 327. The normalized spacial score (nSPS) is 19.6. The van der Waals surface area contributed by atoms with Gasteiger partial charge in [0.25, 0.3) is 5.91 Å². The highest BCUT2D eigenvalue weighted by Gasteiger charge is 2.16. The zero-order chi connectivity index (χ0) is 10.5. The van der Waals surface area contributed by atoms with Crippen molar-refractivity contribution in [3.05, 3.63) is 24.3 Å². The average Bonchev–Trinajstić information content (AvgIpc) is 2.31. The van der Waals surface area contributed by atoms with Crippen LogP contribution in [-0.4, -0.2) is 35.0 Å². The molecule has 0 bridgehead atoms. The zero-order valence-corrected chi connectivity index (χ0v) is 9.67. The second-order valence-corrected chi connectivity index (χ2v) is 3.61. The van der Waals surface area contributed by atoms with Gasteiger partial charge in [-0.25, -0.2) is 4.98 Å². The molecule has 2 rings (SSSR count). The lowest BCUT2D eigenvalue weighted by Gasteiger charge is -2.23. The molecule has 1 aromatic rings. The second-order valence-electron chi connectivity index (χ2n) is 3.61. The van der Waals surface area contributed by atoms with Crippen LogP contribution in [0.3, 0.4) is 0 Å². The van der Waals surface area contributed by atoms with Crippen LogP contribution < -0.4 is 10.6 Å². The molecule has 16 heavy (non-hydrogen) atoms. The van der Waals surface area contributed by atoms with Crippen LogP contribution in [0.1, 0.15) is 23.3 Å². The van der Waals surface area contributed by atoms with Crippen molar-refractivity contribution in [1.82, 2.24) is 20.6 Å². The standard InChI is InChI=1S/C10H14N4O.ClH/c15-10(9-7-12-4-5-13-9)14-8-2-1-3-11-6-8;/h4-5,7-8,11H,1-3,6H2,(H,14,15);1H/t8-;/m1./s1. The number of hydrogen-bond acceptors (Lipinski definition) is 4. The fourth-order valence-electron chi connectivity index (χ4n) is 1.65. The van der Waals surface area contributed by atoms with E-state index in [2.05, 4.69) is 20.6 Å². The van der Waals surface area contributed by atoms with E-state index < -0.39 is 0 Å². The number of nitrogens with one attached hydrogen (secondary N) is 2. The first-order chi connectivity index (χ1) is 7.36. The van der Waals surface area contributed by atoms with Gasteiger partial charge in [0.1, 0.15) is 5.69 Å². The topological polar surface area (TPSA) is 66.9 Å². The number of halogens is 1. The Morgan fingerprint density at radius 1 is 1.50 bits per heavy atom. The third kappa shape index (κ3) is 3.43. The van der Waals surface area contributed by atoms with Crippen molar-refractivity contribution in [3.8, 4) is 0 Å². The number of nitrogens with zero attached hydrogens (tertiary/aromatic N) is 2. The molecule has 2 heterocycles. The highest BCUT2D eigenvalue weighted by molar-refractivity contribution is 5.92. The molecular formula is C10H15ClN4O. The van der Waals surface area contributed by atoms with Crippen LogP contribution >= 0.6 is 12.4 Å². The summed E-state index contributed by atoms with van der Waals surface area (Å²) < 4.78 is 0. The molecule has 0 unspecified atom stereocenters. The quantitative estimate of drug-likeness (QED) is 0.787. The van der Waals surface area contributed by atoms with Crippen LogP contribution in [0.4, 0.5) is 0 Å². The number of amides is 1. The van der Waals surface area contributed by atoms with Crippen molar-refractivity contribution < 1.29 is 4.79 Å². The molecule has 1 amide bonds. The van der Waals surface area contributed by atoms with Gasteiger partial charge in [-0.1, -0.05) is 0 Å². The minimum atomic E-state index is -0.142. The van der Waals surface area contributed by atoms with Crippen LogP contribution in [0.25, 0.3) is 0 Å². The van der Waals surface area contributed by atoms with E-state index in [1.165, 1.54) is 12.4 Å². The molecule has 0 spiro atoms. The molecule has 1 fully saturated rings. The zero-order valence-electron chi connectivity index (χ0n) is 8.85. The Balaban J connectivity index is 0.00000128. The SMILES string of the molecule is Cl.O=C(N[C@@H]1CCCNC1)c1cnccn1. The van der Waals surface area contributed by atoms with Crippen molar-refractivity contribution in [3.63, 3.8) is 0 Å². The van der Waals surface area contributed by atoms with Crippen LogP contribution in [0, 0.1) is 0 Å². The molecule has 0 aromatic carbocycles. The summed E-state index contributed by atoms with van der Waals surface area (Å²) in [7, 11) is 0. The summed E-state index contributed by atoms with van der Waals surface area (Å²) in [5.41, 5.74) is 0.378. The largest absolute Gasteiger partial charge is 0.347 e. The first-order valence-electron chi connectivity index (χ1n) is 5.14. The lowest BCUT2D eigenvalue weighted by Crippen LogP contribution is -2.45. The average molecular weight is 243 g/mol. The smallest absolute Gasteiger partial charge is 0.271 e. The molecule has 1 aliphatic rings. The first kappa shape index (κ1) is 12.9. The van der Waals surface area contributed by atoms with Gasteiger partial charge in [-0.05, 0) is 19.4 Å². The molecule has 1 aromatic heterocycles. The molecule has 1 atom stereocenters. The molecule has 1 saturated heterocycles. The number of rotatable bonds is 2. The lowest BCUT2D eigenvalue weighted by atomic mass is 10.1. The van der Waals surface area contributed by atoms with Gasteiger partial charge >= 0.3 is 0 Å². The molecule has 2 N–H and O–H groups in total. The number of piperidine rings is 1. The summed E-state index contributed by atoms with van der Waals surface area (Å²) in [4.78, 5) is 19.5. The van der Waals surface area contributed by atoms with Crippen molar-refractivity contribution in [2.75, 3.05) is 13.1 Å². The van der Waals surface area contributed by atoms with Gasteiger partial charge in [-0.3, -0.25) is 9.78 Å². The van der Waals surface area contributed by atoms with Gasteiger partial charge in [-0.15, -0.1) is 12.4 Å². The predicted molar refractivity (Wildman–Crippen MR) is 62.6 cm³/mol. The van der Waals surface area contributed by atoms with Crippen molar-refractivity contribution in [1.29, 1.82) is 0 Å². The van der Waals surface area contributed by atoms with Crippen molar-refractivity contribution in [2.24, 2.45) is 0 Å². The summed E-state index contributed by atoms with van der Waals surface area (Å²) in [6, 6.07) is 0.216. The van der Waals surface area contributed by atoms with E-state index in [9.17, 15) is 4.79 Å². The van der Waals surface area contributed by atoms with Gasteiger partial charge in [-0.2, -0.15) is 0 Å². The second kappa shape index (κ2) is 6.40. The predicted octanol–water partition coefficient (Wildman–Crippen LogP) is 0.380. The Morgan fingerprint density at radius 2 is 2.38 bits per heavy atom. The number of carbonyl (C=O) groups excluding carboxylic acids is 1. The minimum absolute atomic E-state index is 0. The van der Waals surface area contributed by atoms with Crippen LogP contribution in [-0.2, 0) is 0 Å². The third-order valence-electron chi connectivity index (χ3n) is 2.43. The molecule has 1 aliphatic heterocycles. The van der Waals surface area contributed by atoms with Crippen LogP contribution in [0.5, 0.6) is 0 Å². The third-order valence-corrected chi connectivity index (χ3v) is 2.43. The van der Waals surface area contributed by atoms with E-state index in [0.717, 1.165) is 25.9 Å². The van der Waals surface area contributed by atoms with Gasteiger partial charge in [0.2, 0.25) is 0 Å². The fourth-order valence-corrected chi connectivity index (χ4v) is 1.65. The monoisotopic (exact) mass is 242 g/mol. The van der Waals surface area contributed by atoms with Gasteiger partial charge in [0.05, 0.1) is 6.20 Å². The molecule has 88 valence electrons. The van der Waals surface area contributed by atoms with Crippen molar-refractivity contribution in [2.45, 2.75) is 18.9 Å². The summed E-state index contributed by atoms with van der Waals surface area (Å²) in [5.74, 6) is -0.142. The first-order valence-corrected chi connectivity index (χ1v) is 5.14. The summed E-state index contributed by atoms with van der Waals surface area (Å²) >= 11 is 0. The highest BCUT2D eigenvalue weighted by atomic mass is 35.5. The van der Waals surface area contributed by atoms with Gasteiger partial charge < -0.3 is 10.6 Å². The van der Waals surface area contributed by atoms with E-state index >= 15 is 0 Å². The Morgan fingerprint density at radius 3 is 3.00 bits per heavy atom. The molecular weight excluding hydrogens is 228 g/mol. The minimum Gasteiger partial charge on any atom is -0.347 e. The van der Waals surface area contributed by atoms with E-state index in [-0.39, 0.29) is 24.4 Å². The van der Waals surface area contributed by atoms with E-state index in [0.29, 0.717) is 5.69 Å². The number of carbonyl (C=O) groups is 1. The number of hydrogen-bond donors (Lipinski definition) is 2. The Labute approximate surface area is 100 Å².